The monoisotopic (exact) mass is 308 g/mol. The highest BCUT2D eigenvalue weighted by Crippen LogP contribution is 2.09. The van der Waals surface area contributed by atoms with E-state index >= 15 is 0 Å². The summed E-state index contributed by atoms with van der Waals surface area (Å²) in [5.41, 5.74) is 3.05. The first kappa shape index (κ1) is 14.9. The van der Waals surface area contributed by atoms with Gasteiger partial charge < -0.3 is 10.3 Å². The fourth-order valence-corrected chi connectivity index (χ4v) is 2.32. The Hall–Kier alpha value is -3.02. The van der Waals surface area contributed by atoms with Gasteiger partial charge in [0.15, 0.2) is 0 Å². The maximum Gasteiger partial charge on any atom is 0.270 e. The lowest BCUT2D eigenvalue weighted by Crippen LogP contribution is -2.19. The van der Waals surface area contributed by atoms with E-state index in [1.165, 1.54) is 0 Å². The highest BCUT2D eigenvalue weighted by atomic mass is 16.1. The third-order valence-electron chi connectivity index (χ3n) is 3.44. The van der Waals surface area contributed by atoms with E-state index in [1.54, 1.807) is 24.4 Å². The molecule has 0 aliphatic carbocycles. The minimum absolute atomic E-state index is 0.162. The molecule has 3 rings (SSSR count). The van der Waals surface area contributed by atoms with E-state index in [0.29, 0.717) is 22.4 Å². The van der Waals surface area contributed by atoms with E-state index in [9.17, 15) is 9.59 Å². The number of amides is 1. The predicted molar refractivity (Wildman–Crippen MR) is 88.3 cm³/mol. The Morgan fingerprint density at radius 2 is 2.09 bits per heavy atom. The van der Waals surface area contributed by atoms with Crippen LogP contribution in [-0.4, -0.2) is 20.9 Å². The molecule has 0 fully saturated rings. The minimum Gasteiger partial charge on any atom is -0.326 e. The molecule has 2 aromatic heterocycles. The highest BCUT2D eigenvalue weighted by molar-refractivity contribution is 5.90. The third kappa shape index (κ3) is 3.60. The zero-order valence-electron chi connectivity index (χ0n) is 12.7. The number of hydrogen-bond donors (Lipinski definition) is 2. The summed E-state index contributed by atoms with van der Waals surface area (Å²) in [6.07, 6.45) is 2.12. The molecule has 23 heavy (non-hydrogen) atoms. The molecule has 0 bridgehead atoms. The number of benzene rings is 1. The van der Waals surface area contributed by atoms with E-state index in [4.69, 9.17) is 0 Å². The van der Waals surface area contributed by atoms with Gasteiger partial charge in [0.25, 0.3) is 5.56 Å². The molecule has 0 aliphatic heterocycles. The van der Waals surface area contributed by atoms with Crippen LogP contribution < -0.4 is 10.9 Å². The zero-order valence-corrected chi connectivity index (χ0v) is 12.7. The summed E-state index contributed by atoms with van der Waals surface area (Å²) in [5.74, 6) is -0.162. The number of aromatic amines is 1. The Kier molecular flexibility index (Phi) is 4.14. The second-order valence-electron chi connectivity index (χ2n) is 5.26. The third-order valence-corrected chi connectivity index (χ3v) is 3.44. The fourth-order valence-electron chi connectivity index (χ4n) is 2.32. The molecule has 0 aliphatic rings. The lowest BCUT2D eigenvalue weighted by atomic mass is 10.2. The molecule has 6 heteroatoms. The second kappa shape index (κ2) is 6.39. The van der Waals surface area contributed by atoms with Crippen molar-refractivity contribution in [3.8, 4) is 0 Å². The van der Waals surface area contributed by atoms with Crippen molar-refractivity contribution in [1.29, 1.82) is 0 Å². The van der Waals surface area contributed by atoms with Gasteiger partial charge in [-0.1, -0.05) is 12.1 Å². The molecule has 0 atom stereocenters. The summed E-state index contributed by atoms with van der Waals surface area (Å²) in [6, 6.07) is 10.8. The van der Waals surface area contributed by atoms with Crippen molar-refractivity contribution in [2.75, 3.05) is 5.32 Å². The van der Waals surface area contributed by atoms with Gasteiger partial charge in [0.05, 0.1) is 11.0 Å². The van der Waals surface area contributed by atoms with Gasteiger partial charge in [-0.25, -0.2) is 4.98 Å². The lowest BCUT2D eigenvalue weighted by molar-refractivity contribution is -0.116. The van der Waals surface area contributed by atoms with Crippen molar-refractivity contribution in [1.82, 2.24) is 15.0 Å². The van der Waals surface area contributed by atoms with Crippen molar-refractivity contribution < 1.29 is 4.79 Å². The van der Waals surface area contributed by atoms with Crippen LogP contribution in [-0.2, 0) is 11.2 Å². The van der Waals surface area contributed by atoms with Gasteiger partial charge in [-0.05, 0) is 31.2 Å². The standard InChI is InChI=1S/C17H16N4O2/c1-11-10-12(8-9-18-11)19-16(22)7-6-15-17(23)21-14-5-3-2-4-13(14)20-15/h2-5,8-10H,6-7H2,1H3,(H,21,23)(H,18,19,22). The molecule has 6 nitrogen and oxygen atoms in total. The molecular weight excluding hydrogens is 292 g/mol. The molecule has 2 heterocycles. The molecule has 116 valence electrons. The molecule has 2 N–H and O–H groups in total. The van der Waals surface area contributed by atoms with Crippen molar-refractivity contribution >= 4 is 22.6 Å². The largest absolute Gasteiger partial charge is 0.326 e. The number of H-pyrrole nitrogens is 1. The molecule has 0 unspecified atom stereocenters. The zero-order chi connectivity index (χ0) is 16.2. The first-order valence-corrected chi connectivity index (χ1v) is 7.32. The summed E-state index contributed by atoms with van der Waals surface area (Å²) >= 11 is 0. The Morgan fingerprint density at radius 3 is 2.91 bits per heavy atom. The first-order chi connectivity index (χ1) is 11.1. The summed E-state index contributed by atoms with van der Waals surface area (Å²) in [4.78, 5) is 35.2. The van der Waals surface area contributed by atoms with Crippen LogP contribution in [0.3, 0.4) is 0 Å². The van der Waals surface area contributed by atoms with Gasteiger partial charge in [-0.3, -0.25) is 14.6 Å². The van der Waals surface area contributed by atoms with Gasteiger partial charge in [-0.2, -0.15) is 0 Å². The number of nitrogens with one attached hydrogen (secondary N) is 2. The maximum atomic E-state index is 12.0. The number of pyridine rings is 1. The van der Waals surface area contributed by atoms with Crippen molar-refractivity contribution in [2.24, 2.45) is 0 Å². The molecule has 0 saturated heterocycles. The maximum absolute atomic E-state index is 12.0. The van der Waals surface area contributed by atoms with Gasteiger partial charge in [-0.15, -0.1) is 0 Å². The van der Waals surface area contributed by atoms with Gasteiger partial charge in [0.2, 0.25) is 5.91 Å². The Balaban J connectivity index is 1.69. The second-order valence-corrected chi connectivity index (χ2v) is 5.26. The van der Waals surface area contributed by atoms with Gasteiger partial charge in [0, 0.05) is 30.4 Å². The number of rotatable bonds is 4. The van der Waals surface area contributed by atoms with Gasteiger partial charge in [0.1, 0.15) is 5.69 Å². The van der Waals surface area contributed by atoms with E-state index < -0.39 is 0 Å². The molecule has 0 spiro atoms. The number of carbonyl (C=O) groups is 1. The number of hydrogen-bond acceptors (Lipinski definition) is 4. The van der Waals surface area contributed by atoms with Gasteiger partial charge >= 0.3 is 0 Å². The normalized spacial score (nSPS) is 10.7. The van der Waals surface area contributed by atoms with E-state index in [0.717, 1.165) is 5.69 Å². The van der Waals surface area contributed by atoms with Crippen LogP contribution in [0, 0.1) is 6.92 Å². The molecule has 0 saturated carbocycles. The van der Waals surface area contributed by atoms with Crippen molar-refractivity contribution in [3.63, 3.8) is 0 Å². The van der Waals surface area contributed by atoms with E-state index in [2.05, 4.69) is 20.3 Å². The predicted octanol–water partition coefficient (Wildman–Crippen LogP) is 2.20. The molecule has 3 aromatic rings. The van der Waals surface area contributed by atoms with Crippen LogP contribution in [0.4, 0.5) is 5.69 Å². The summed E-state index contributed by atoms with van der Waals surface area (Å²) < 4.78 is 0. The Bertz CT molecular complexity index is 918. The molecule has 0 radical (unpaired) electrons. The molecule has 1 amide bonds. The number of anilines is 1. The number of nitrogens with zero attached hydrogens (tertiary/aromatic N) is 2. The summed E-state index contributed by atoms with van der Waals surface area (Å²) in [7, 11) is 0. The average Bonchev–Trinajstić information content (AvgIpc) is 2.53. The lowest BCUT2D eigenvalue weighted by Gasteiger charge is -2.06. The summed E-state index contributed by atoms with van der Waals surface area (Å²) in [5, 5.41) is 2.79. The topological polar surface area (TPSA) is 87.7 Å². The van der Waals surface area contributed by atoms with E-state index in [1.807, 2.05) is 25.1 Å². The van der Waals surface area contributed by atoms with Crippen molar-refractivity contribution in [3.05, 3.63) is 64.3 Å². The number of carbonyl (C=O) groups excluding carboxylic acids is 1. The summed E-state index contributed by atoms with van der Waals surface area (Å²) in [6.45, 7) is 1.86. The number of para-hydroxylation sites is 2. The Morgan fingerprint density at radius 1 is 1.26 bits per heavy atom. The minimum atomic E-state index is -0.253. The smallest absolute Gasteiger partial charge is 0.270 e. The Labute approximate surface area is 132 Å². The first-order valence-electron chi connectivity index (χ1n) is 7.32. The number of aromatic nitrogens is 3. The number of fused-ring (bicyclic) bond motifs is 1. The SMILES string of the molecule is Cc1cc(NC(=O)CCc2nc3ccccc3[nH]c2=O)ccn1. The van der Waals surface area contributed by atoms with Crippen LogP contribution in [0.5, 0.6) is 0 Å². The fraction of sp³-hybridized carbons (Fsp3) is 0.176. The number of aryl methyl sites for hydroxylation is 2. The van der Waals surface area contributed by atoms with Crippen LogP contribution in [0.1, 0.15) is 17.8 Å². The van der Waals surface area contributed by atoms with Crippen LogP contribution in [0.2, 0.25) is 0 Å². The average molecular weight is 308 g/mol. The quantitative estimate of drug-likeness (QED) is 0.773. The molecular formula is C17H16N4O2. The highest BCUT2D eigenvalue weighted by Gasteiger charge is 2.08. The molecule has 1 aromatic carbocycles. The van der Waals surface area contributed by atoms with Crippen LogP contribution in [0.15, 0.2) is 47.4 Å². The van der Waals surface area contributed by atoms with Crippen molar-refractivity contribution in [2.45, 2.75) is 19.8 Å². The van der Waals surface area contributed by atoms with E-state index in [-0.39, 0.29) is 24.3 Å². The van der Waals surface area contributed by atoms with Crippen LogP contribution >= 0.6 is 0 Å². The van der Waals surface area contributed by atoms with Crippen LogP contribution in [0.25, 0.3) is 11.0 Å².